The van der Waals surface area contributed by atoms with E-state index in [-0.39, 0.29) is 0 Å². The Kier molecular flexibility index (Phi) is 6.41. The van der Waals surface area contributed by atoms with E-state index in [1.807, 2.05) is 0 Å². The molecule has 0 aliphatic carbocycles. The van der Waals surface area contributed by atoms with E-state index < -0.39 is 0 Å². The van der Waals surface area contributed by atoms with Crippen molar-refractivity contribution in [3.05, 3.63) is 29.6 Å². The van der Waals surface area contributed by atoms with Crippen molar-refractivity contribution >= 4 is 28.2 Å². The van der Waals surface area contributed by atoms with Crippen molar-refractivity contribution in [1.82, 2.24) is 15.2 Å². The van der Waals surface area contributed by atoms with Crippen LogP contribution in [-0.2, 0) is 10.5 Å². The lowest BCUT2D eigenvalue weighted by Gasteiger charge is -2.05. The molecule has 0 radical (unpaired) electrons. The lowest BCUT2D eigenvalue weighted by Crippen LogP contribution is -2.06. The molecule has 1 N–H and O–H groups in total. The Balaban J connectivity index is 1.86. The first kappa shape index (κ1) is 16.2. The van der Waals surface area contributed by atoms with E-state index in [0.29, 0.717) is 12.5 Å². The van der Waals surface area contributed by atoms with Crippen molar-refractivity contribution in [2.75, 3.05) is 25.6 Å². The summed E-state index contributed by atoms with van der Waals surface area (Å²) in [7, 11) is 1.68. The molecule has 0 amide bonds. The summed E-state index contributed by atoms with van der Waals surface area (Å²) in [5, 5.41) is 12.3. The number of thioether (sulfide) groups is 1. The monoisotopic (exact) mass is 324 g/mol. The van der Waals surface area contributed by atoms with Gasteiger partial charge in [-0.2, -0.15) is 0 Å². The van der Waals surface area contributed by atoms with E-state index in [0.717, 1.165) is 33.2 Å². The first-order valence-electron chi connectivity index (χ1n) is 6.84. The van der Waals surface area contributed by atoms with Crippen LogP contribution >= 0.6 is 23.1 Å². The van der Waals surface area contributed by atoms with Gasteiger partial charge >= 0.3 is 0 Å². The molecule has 0 spiro atoms. The van der Waals surface area contributed by atoms with Crippen molar-refractivity contribution in [2.24, 2.45) is 0 Å². The number of nitrogens with one attached hydrogen (secondary N) is 1. The van der Waals surface area contributed by atoms with Gasteiger partial charge in [0.2, 0.25) is 5.13 Å². The van der Waals surface area contributed by atoms with Crippen LogP contribution in [0.2, 0.25) is 0 Å². The zero-order chi connectivity index (χ0) is 15.1. The molecule has 114 valence electrons. The fraction of sp³-hybridized carbons (Fsp3) is 0.500. The fourth-order valence-corrected chi connectivity index (χ4v) is 3.32. The molecule has 21 heavy (non-hydrogen) atoms. The molecule has 0 aromatic carbocycles. The van der Waals surface area contributed by atoms with Crippen LogP contribution in [0.15, 0.2) is 22.5 Å². The highest BCUT2D eigenvalue weighted by Crippen LogP contribution is 2.28. The van der Waals surface area contributed by atoms with Gasteiger partial charge in [-0.05, 0) is 18.1 Å². The van der Waals surface area contributed by atoms with E-state index in [4.69, 9.17) is 4.74 Å². The summed E-state index contributed by atoms with van der Waals surface area (Å²) < 4.78 is 5.94. The molecule has 0 aliphatic heterocycles. The van der Waals surface area contributed by atoms with E-state index in [9.17, 15) is 0 Å². The molecule has 2 aromatic rings. The summed E-state index contributed by atoms with van der Waals surface area (Å²) in [6.07, 6.45) is 0. The number of ether oxygens (including phenoxy) is 1. The van der Waals surface area contributed by atoms with Gasteiger partial charge < -0.3 is 10.1 Å². The van der Waals surface area contributed by atoms with Crippen molar-refractivity contribution in [2.45, 2.75) is 29.9 Å². The van der Waals surface area contributed by atoms with Gasteiger partial charge in [-0.25, -0.2) is 0 Å². The largest absolute Gasteiger partial charge is 0.383 e. The average molecular weight is 324 g/mol. The zero-order valence-corrected chi connectivity index (χ0v) is 14.1. The summed E-state index contributed by atoms with van der Waals surface area (Å²) in [5.41, 5.74) is 2.21. The van der Waals surface area contributed by atoms with Gasteiger partial charge in [0.1, 0.15) is 0 Å². The summed E-state index contributed by atoms with van der Waals surface area (Å²) in [4.78, 5) is 4.66. The number of nitrogens with zero attached hydrogens (tertiary/aromatic N) is 3. The van der Waals surface area contributed by atoms with E-state index in [1.165, 1.54) is 0 Å². The van der Waals surface area contributed by atoms with Gasteiger partial charge in [-0.3, -0.25) is 4.98 Å². The number of aromatic nitrogens is 3. The molecule has 2 aromatic heterocycles. The molecule has 0 saturated carbocycles. The minimum atomic E-state index is 0.452. The Bertz CT molecular complexity index is 559. The summed E-state index contributed by atoms with van der Waals surface area (Å²) >= 11 is 3.22. The maximum atomic E-state index is 4.99. The third-order valence-corrected chi connectivity index (χ3v) is 4.80. The van der Waals surface area contributed by atoms with Crippen LogP contribution in [0.4, 0.5) is 5.13 Å². The predicted octanol–water partition coefficient (Wildman–Crippen LogP) is 3.41. The SMILES string of the molecule is COCCNc1nnc(SCc2cccc(C(C)C)n2)s1. The minimum absolute atomic E-state index is 0.452. The van der Waals surface area contributed by atoms with E-state index in [1.54, 1.807) is 30.2 Å². The van der Waals surface area contributed by atoms with Crippen molar-refractivity contribution < 1.29 is 4.74 Å². The fourth-order valence-electron chi connectivity index (χ4n) is 1.64. The van der Waals surface area contributed by atoms with Gasteiger partial charge in [-0.15, -0.1) is 10.2 Å². The quantitative estimate of drug-likeness (QED) is 0.593. The first-order chi connectivity index (χ1) is 10.2. The number of rotatable bonds is 8. The van der Waals surface area contributed by atoms with Crippen LogP contribution in [0.1, 0.15) is 31.2 Å². The minimum Gasteiger partial charge on any atom is -0.383 e. The Morgan fingerprint density at radius 1 is 1.33 bits per heavy atom. The van der Waals surface area contributed by atoms with Crippen LogP contribution in [0.25, 0.3) is 0 Å². The highest BCUT2D eigenvalue weighted by Gasteiger charge is 2.07. The summed E-state index contributed by atoms with van der Waals surface area (Å²) in [5.74, 6) is 1.26. The Labute approximate surface area is 133 Å². The molecule has 2 rings (SSSR count). The highest BCUT2D eigenvalue weighted by atomic mass is 32.2. The Hall–Kier alpha value is -1.18. The van der Waals surface area contributed by atoms with Crippen LogP contribution in [0, 0.1) is 0 Å². The van der Waals surface area contributed by atoms with Crippen molar-refractivity contribution in [3.63, 3.8) is 0 Å². The molecule has 0 aliphatic rings. The molecule has 0 saturated heterocycles. The summed E-state index contributed by atoms with van der Waals surface area (Å²) in [6.45, 7) is 5.71. The van der Waals surface area contributed by atoms with Crippen LogP contribution in [0.3, 0.4) is 0 Å². The second-order valence-corrected chi connectivity index (χ2v) is 6.99. The first-order valence-corrected chi connectivity index (χ1v) is 8.64. The number of hydrogen-bond acceptors (Lipinski definition) is 7. The summed E-state index contributed by atoms with van der Waals surface area (Å²) in [6, 6.07) is 6.19. The average Bonchev–Trinajstić information content (AvgIpc) is 2.94. The van der Waals surface area contributed by atoms with Gasteiger partial charge in [0.05, 0.1) is 12.3 Å². The number of anilines is 1. The second kappa shape index (κ2) is 8.31. The van der Waals surface area contributed by atoms with Crippen LogP contribution in [0.5, 0.6) is 0 Å². The topological polar surface area (TPSA) is 59.9 Å². The van der Waals surface area contributed by atoms with Gasteiger partial charge in [0, 0.05) is 25.1 Å². The molecular formula is C14H20N4OS2. The third kappa shape index (κ3) is 5.26. The second-order valence-electron chi connectivity index (χ2n) is 4.79. The number of pyridine rings is 1. The van der Waals surface area contributed by atoms with E-state index in [2.05, 4.69) is 52.5 Å². The molecule has 0 fully saturated rings. The lowest BCUT2D eigenvalue weighted by molar-refractivity contribution is 0.211. The number of methoxy groups -OCH3 is 1. The smallest absolute Gasteiger partial charge is 0.206 e. The lowest BCUT2D eigenvalue weighted by atomic mass is 10.1. The molecule has 0 bridgehead atoms. The molecule has 5 nitrogen and oxygen atoms in total. The maximum absolute atomic E-state index is 4.99. The highest BCUT2D eigenvalue weighted by molar-refractivity contribution is 8.00. The molecule has 0 unspecified atom stereocenters. The van der Waals surface area contributed by atoms with Gasteiger partial charge in [0.25, 0.3) is 0 Å². The predicted molar refractivity (Wildman–Crippen MR) is 88.2 cm³/mol. The maximum Gasteiger partial charge on any atom is 0.206 e. The van der Waals surface area contributed by atoms with Crippen molar-refractivity contribution in [1.29, 1.82) is 0 Å². The van der Waals surface area contributed by atoms with Crippen LogP contribution in [-0.4, -0.2) is 35.4 Å². The Morgan fingerprint density at radius 2 is 2.19 bits per heavy atom. The van der Waals surface area contributed by atoms with Crippen molar-refractivity contribution in [3.8, 4) is 0 Å². The molecular weight excluding hydrogens is 304 g/mol. The van der Waals surface area contributed by atoms with E-state index >= 15 is 0 Å². The third-order valence-electron chi connectivity index (χ3n) is 2.75. The molecule has 2 heterocycles. The number of hydrogen-bond donors (Lipinski definition) is 1. The van der Waals surface area contributed by atoms with Gasteiger partial charge in [0.15, 0.2) is 4.34 Å². The van der Waals surface area contributed by atoms with Crippen LogP contribution < -0.4 is 5.32 Å². The standard InChI is InChI=1S/C14H20N4OS2/c1-10(2)12-6-4-5-11(16-12)9-20-14-18-17-13(21-14)15-7-8-19-3/h4-6,10H,7-9H2,1-3H3,(H,15,17). The normalized spacial score (nSPS) is 11.0. The van der Waals surface area contributed by atoms with Gasteiger partial charge in [-0.1, -0.05) is 43.0 Å². The molecule has 7 heteroatoms. The Morgan fingerprint density at radius 3 is 2.95 bits per heavy atom. The molecule has 0 atom stereocenters. The zero-order valence-electron chi connectivity index (χ0n) is 12.5.